The van der Waals surface area contributed by atoms with E-state index in [1.807, 2.05) is 12.1 Å². The van der Waals surface area contributed by atoms with Gasteiger partial charge in [0.25, 0.3) is 0 Å². The summed E-state index contributed by atoms with van der Waals surface area (Å²) in [4.78, 5) is 0. The lowest BCUT2D eigenvalue weighted by Gasteiger charge is -2.08. The number of rotatable bonds is 2. The standard InChI is InChI=1S/C24H15Cl/c25-20-12-10-17(11-13-20)23(16-6-2-1-3-7-16)24-21-14-18-8-4-5-9-19(18)15-22(21)24/h1-15H. The van der Waals surface area contributed by atoms with Crippen LogP contribution in [0.2, 0.25) is 5.02 Å². The van der Waals surface area contributed by atoms with Crippen LogP contribution in [-0.2, 0) is 0 Å². The van der Waals surface area contributed by atoms with Gasteiger partial charge in [-0.2, -0.15) is 0 Å². The maximum absolute atomic E-state index is 6.10. The average Bonchev–Trinajstić information content (AvgIpc) is 3.35. The molecule has 118 valence electrons. The normalized spacial score (nSPS) is 12.1. The SMILES string of the molecule is Clc1ccc(C(=C2c3cc4ccccc4cc32)c2ccccc2)cc1. The van der Waals surface area contributed by atoms with Gasteiger partial charge in [0, 0.05) is 5.02 Å². The summed E-state index contributed by atoms with van der Waals surface area (Å²) in [6.07, 6.45) is 0. The zero-order valence-corrected chi connectivity index (χ0v) is 14.3. The van der Waals surface area contributed by atoms with Gasteiger partial charge in [0.1, 0.15) is 0 Å². The van der Waals surface area contributed by atoms with Gasteiger partial charge in [-0.25, -0.2) is 0 Å². The fourth-order valence-electron chi connectivity index (χ4n) is 3.55. The van der Waals surface area contributed by atoms with Crippen LogP contribution in [0.4, 0.5) is 0 Å². The van der Waals surface area contributed by atoms with E-state index in [1.165, 1.54) is 44.2 Å². The molecular formula is C24H15Cl. The van der Waals surface area contributed by atoms with Crippen LogP contribution in [0.15, 0.2) is 91.0 Å². The van der Waals surface area contributed by atoms with Crippen molar-refractivity contribution < 1.29 is 0 Å². The van der Waals surface area contributed by atoms with Crippen molar-refractivity contribution >= 4 is 33.5 Å². The van der Waals surface area contributed by atoms with Crippen molar-refractivity contribution in [1.82, 2.24) is 0 Å². The summed E-state index contributed by atoms with van der Waals surface area (Å²) in [5.41, 5.74) is 7.78. The Bertz CT molecular complexity index is 1080. The van der Waals surface area contributed by atoms with Crippen LogP contribution in [0.3, 0.4) is 0 Å². The first kappa shape index (κ1) is 14.5. The predicted octanol–water partition coefficient (Wildman–Crippen LogP) is 6.81. The predicted molar refractivity (Wildman–Crippen MR) is 107 cm³/mol. The Hall–Kier alpha value is -2.83. The molecule has 0 N–H and O–H groups in total. The smallest absolute Gasteiger partial charge is 0.0406 e. The monoisotopic (exact) mass is 338 g/mol. The molecule has 1 aliphatic carbocycles. The molecule has 0 aliphatic heterocycles. The van der Waals surface area contributed by atoms with Crippen LogP contribution in [0.1, 0.15) is 22.3 Å². The van der Waals surface area contributed by atoms with Crippen molar-refractivity contribution in [3.05, 3.63) is 118 Å². The van der Waals surface area contributed by atoms with Gasteiger partial charge in [0.2, 0.25) is 0 Å². The van der Waals surface area contributed by atoms with Crippen LogP contribution < -0.4 is 0 Å². The Balaban J connectivity index is 1.76. The van der Waals surface area contributed by atoms with Crippen molar-refractivity contribution in [2.75, 3.05) is 0 Å². The number of hydrogen-bond donors (Lipinski definition) is 0. The van der Waals surface area contributed by atoms with Crippen LogP contribution in [0.5, 0.6) is 0 Å². The Labute approximate surface area is 152 Å². The summed E-state index contributed by atoms with van der Waals surface area (Å²) in [7, 11) is 0. The second kappa shape index (κ2) is 5.61. The first-order valence-electron chi connectivity index (χ1n) is 8.40. The van der Waals surface area contributed by atoms with Gasteiger partial charge in [-0.1, -0.05) is 78.3 Å². The molecule has 4 aromatic carbocycles. The van der Waals surface area contributed by atoms with E-state index in [-0.39, 0.29) is 0 Å². The molecule has 0 amide bonds. The topological polar surface area (TPSA) is 0 Å². The number of halogens is 1. The molecule has 0 fully saturated rings. The van der Waals surface area contributed by atoms with Gasteiger partial charge in [-0.05, 0) is 68.4 Å². The minimum Gasteiger partial charge on any atom is -0.0843 e. The Morgan fingerprint density at radius 3 is 1.68 bits per heavy atom. The third-order valence-electron chi connectivity index (χ3n) is 4.81. The average molecular weight is 339 g/mol. The van der Waals surface area contributed by atoms with E-state index >= 15 is 0 Å². The van der Waals surface area contributed by atoms with Crippen LogP contribution in [0.25, 0.3) is 21.9 Å². The largest absolute Gasteiger partial charge is 0.0843 e. The molecule has 0 atom stereocenters. The summed E-state index contributed by atoms with van der Waals surface area (Å²) in [6, 6.07) is 31.9. The third kappa shape index (κ3) is 2.47. The summed E-state index contributed by atoms with van der Waals surface area (Å²) in [5.74, 6) is 0. The fraction of sp³-hybridized carbons (Fsp3) is 0. The van der Waals surface area contributed by atoms with Gasteiger partial charge < -0.3 is 0 Å². The molecular weight excluding hydrogens is 324 g/mol. The molecule has 1 aliphatic rings. The second-order valence-electron chi connectivity index (χ2n) is 6.37. The van der Waals surface area contributed by atoms with Crippen molar-refractivity contribution in [2.45, 2.75) is 0 Å². The summed E-state index contributed by atoms with van der Waals surface area (Å²) >= 11 is 6.10. The van der Waals surface area contributed by atoms with E-state index in [0.717, 1.165) is 5.02 Å². The third-order valence-corrected chi connectivity index (χ3v) is 5.06. The fourth-order valence-corrected chi connectivity index (χ4v) is 3.67. The first-order chi connectivity index (χ1) is 12.3. The van der Waals surface area contributed by atoms with Gasteiger partial charge in [0.05, 0.1) is 0 Å². The van der Waals surface area contributed by atoms with Crippen molar-refractivity contribution in [3.8, 4) is 0 Å². The number of benzene rings is 4. The lowest BCUT2D eigenvalue weighted by atomic mass is 9.96. The molecule has 0 saturated heterocycles. The van der Waals surface area contributed by atoms with Gasteiger partial charge in [-0.15, -0.1) is 0 Å². The minimum atomic E-state index is 0.764. The highest BCUT2D eigenvalue weighted by atomic mass is 35.5. The molecule has 0 heterocycles. The van der Waals surface area contributed by atoms with Gasteiger partial charge in [-0.3, -0.25) is 0 Å². The van der Waals surface area contributed by atoms with Crippen LogP contribution >= 0.6 is 11.6 Å². The van der Waals surface area contributed by atoms with Crippen molar-refractivity contribution in [1.29, 1.82) is 0 Å². The minimum absolute atomic E-state index is 0.764. The van der Waals surface area contributed by atoms with E-state index in [1.54, 1.807) is 0 Å². The van der Waals surface area contributed by atoms with Gasteiger partial charge >= 0.3 is 0 Å². The number of fused-ring (bicyclic) bond motifs is 2. The highest BCUT2D eigenvalue weighted by molar-refractivity contribution is 6.30. The molecule has 4 aromatic rings. The Morgan fingerprint density at radius 2 is 1.08 bits per heavy atom. The Morgan fingerprint density at radius 1 is 0.560 bits per heavy atom. The molecule has 0 aromatic heterocycles. The molecule has 5 rings (SSSR count). The number of hydrogen-bond acceptors (Lipinski definition) is 0. The Kier molecular flexibility index (Phi) is 3.26. The zero-order valence-electron chi connectivity index (χ0n) is 13.5. The molecule has 0 radical (unpaired) electrons. The van der Waals surface area contributed by atoms with Crippen LogP contribution in [0, 0.1) is 0 Å². The molecule has 1 heteroatoms. The first-order valence-corrected chi connectivity index (χ1v) is 8.78. The van der Waals surface area contributed by atoms with E-state index in [4.69, 9.17) is 11.6 Å². The van der Waals surface area contributed by atoms with Gasteiger partial charge in [0.15, 0.2) is 0 Å². The van der Waals surface area contributed by atoms with E-state index < -0.39 is 0 Å². The molecule has 0 saturated carbocycles. The highest BCUT2D eigenvalue weighted by Crippen LogP contribution is 2.50. The molecule has 0 unspecified atom stereocenters. The highest BCUT2D eigenvalue weighted by Gasteiger charge is 2.30. The summed E-state index contributed by atoms with van der Waals surface area (Å²) in [6.45, 7) is 0. The van der Waals surface area contributed by atoms with E-state index in [9.17, 15) is 0 Å². The maximum Gasteiger partial charge on any atom is 0.0406 e. The van der Waals surface area contributed by atoms with Crippen LogP contribution in [-0.4, -0.2) is 0 Å². The zero-order chi connectivity index (χ0) is 16.8. The lowest BCUT2D eigenvalue weighted by molar-refractivity contribution is 1.56. The van der Waals surface area contributed by atoms with E-state index in [2.05, 4.69) is 78.9 Å². The molecule has 0 spiro atoms. The molecule has 0 nitrogen and oxygen atoms in total. The molecule has 0 bridgehead atoms. The van der Waals surface area contributed by atoms with Crippen molar-refractivity contribution in [3.63, 3.8) is 0 Å². The lowest BCUT2D eigenvalue weighted by Crippen LogP contribution is -1.87. The molecule has 25 heavy (non-hydrogen) atoms. The van der Waals surface area contributed by atoms with E-state index in [0.29, 0.717) is 0 Å². The quantitative estimate of drug-likeness (QED) is 0.331. The summed E-state index contributed by atoms with van der Waals surface area (Å²) < 4.78 is 0. The second-order valence-corrected chi connectivity index (χ2v) is 6.80. The summed E-state index contributed by atoms with van der Waals surface area (Å²) in [5, 5.41) is 3.35. The van der Waals surface area contributed by atoms with Crippen molar-refractivity contribution in [2.24, 2.45) is 0 Å². The maximum atomic E-state index is 6.10.